The van der Waals surface area contributed by atoms with Gasteiger partial charge in [0.25, 0.3) is 0 Å². The zero-order valence-electron chi connectivity index (χ0n) is 66.6. The molecule has 0 aromatic carbocycles. The summed E-state index contributed by atoms with van der Waals surface area (Å²) in [4.78, 5) is 13.5. The molecule has 0 aromatic rings. The molecular formula is C88H155NO18. The Bertz CT molecular complexity index is 2310. The van der Waals surface area contributed by atoms with Crippen molar-refractivity contribution in [3.63, 3.8) is 0 Å². The molecule has 0 radical (unpaired) electrons. The van der Waals surface area contributed by atoms with Crippen LogP contribution in [0.25, 0.3) is 0 Å². The molecule has 17 atom stereocenters. The Kier molecular flexibility index (Phi) is 61.5. The highest BCUT2D eigenvalue weighted by Gasteiger charge is 2.54. The summed E-state index contributed by atoms with van der Waals surface area (Å²) in [6, 6.07) is -0.905. The number of hydrogen-bond donors (Lipinski definition) is 12. The van der Waals surface area contributed by atoms with E-state index >= 15 is 0 Å². The minimum atomic E-state index is -1.98. The molecule has 3 fully saturated rings. The van der Waals surface area contributed by atoms with Crippen LogP contribution in [0.3, 0.4) is 0 Å². The number of rotatable bonds is 68. The number of hydrogen-bond acceptors (Lipinski definition) is 18. The van der Waals surface area contributed by atoms with E-state index in [4.69, 9.17) is 28.4 Å². The number of aliphatic hydroxyl groups excluding tert-OH is 11. The van der Waals surface area contributed by atoms with Crippen molar-refractivity contribution in [2.75, 3.05) is 26.4 Å². The molecule has 17 unspecified atom stereocenters. The second-order valence-corrected chi connectivity index (χ2v) is 30.3. The first-order valence-electron chi connectivity index (χ1n) is 43.0. The summed E-state index contributed by atoms with van der Waals surface area (Å²) in [6.07, 6.45) is 64.9. The summed E-state index contributed by atoms with van der Waals surface area (Å²) in [5.41, 5.74) is 0. The van der Waals surface area contributed by atoms with E-state index in [1.54, 1.807) is 0 Å². The molecule has 3 heterocycles. The van der Waals surface area contributed by atoms with E-state index in [0.717, 1.165) is 116 Å². The number of ether oxygens (including phenoxy) is 6. The van der Waals surface area contributed by atoms with Gasteiger partial charge in [0.05, 0.1) is 38.6 Å². The van der Waals surface area contributed by atoms with Gasteiger partial charge >= 0.3 is 0 Å². The lowest BCUT2D eigenvalue weighted by Crippen LogP contribution is -2.66. The molecule has 0 bridgehead atoms. The first-order chi connectivity index (χ1) is 52.3. The number of unbranched alkanes of at least 4 members (excludes halogenated alkanes) is 36. The van der Waals surface area contributed by atoms with Crippen molar-refractivity contribution in [1.82, 2.24) is 5.32 Å². The van der Waals surface area contributed by atoms with E-state index in [2.05, 4.69) is 116 Å². The van der Waals surface area contributed by atoms with Gasteiger partial charge in [-0.15, -0.1) is 0 Å². The van der Waals surface area contributed by atoms with Gasteiger partial charge in [0.2, 0.25) is 5.91 Å². The van der Waals surface area contributed by atoms with Gasteiger partial charge in [-0.1, -0.05) is 336 Å². The zero-order valence-corrected chi connectivity index (χ0v) is 66.6. The van der Waals surface area contributed by atoms with Crippen molar-refractivity contribution in [2.45, 2.75) is 426 Å². The average molecular weight is 1520 g/mol. The van der Waals surface area contributed by atoms with Gasteiger partial charge in [-0.05, 0) is 77.0 Å². The molecule has 19 nitrogen and oxygen atoms in total. The van der Waals surface area contributed by atoms with E-state index in [9.17, 15) is 61.0 Å². The number of aliphatic hydroxyl groups is 11. The summed E-state index contributed by atoms with van der Waals surface area (Å²) in [6.45, 7) is 1.71. The number of carbonyl (C=O) groups is 1. The first kappa shape index (κ1) is 97.9. The van der Waals surface area contributed by atoms with E-state index in [1.807, 2.05) is 0 Å². The predicted molar refractivity (Wildman–Crippen MR) is 429 cm³/mol. The van der Waals surface area contributed by atoms with Crippen LogP contribution in [0.5, 0.6) is 0 Å². The smallest absolute Gasteiger partial charge is 0.220 e. The molecule has 19 heteroatoms. The largest absolute Gasteiger partial charge is 0.394 e. The van der Waals surface area contributed by atoms with Crippen LogP contribution in [-0.4, -0.2) is 193 Å². The maximum Gasteiger partial charge on any atom is 0.220 e. The Balaban J connectivity index is 1.36. The van der Waals surface area contributed by atoms with Crippen LogP contribution in [0.2, 0.25) is 0 Å². The number of nitrogens with one attached hydrogen (secondary N) is 1. The fourth-order valence-electron chi connectivity index (χ4n) is 14.1. The predicted octanol–water partition coefficient (Wildman–Crippen LogP) is 15.5. The molecule has 3 aliphatic rings. The molecule has 3 saturated heterocycles. The quantitative estimate of drug-likeness (QED) is 0.0199. The Morgan fingerprint density at radius 2 is 0.645 bits per heavy atom. The van der Waals surface area contributed by atoms with E-state index in [-0.39, 0.29) is 18.9 Å². The molecule has 107 heavy (non-hydrogen) atoms. The van der Waals surface area contributed by atoms with Crippen molar-refractivity contribution in [2.24, 2.45) is 0 Å². The van der Waals surface area contributed by atoms with Gasteiger partial charge < -0.3 is 89.9 Å². The molecule has 620 valence electrons. The van der Waals surface area contributed by atoms with Crippen molar-refractivity contribution in [1.29, 1.82) is 0 Å². The van der Waals surface area contributed by atoms with Crippen LogP contribution in [0.4, 0.5) is 0 Å². The Morgan fingerprint density at radius 1 is 0.346 bits per heavy atom. The van der Waals surface area contributed by atoms with E-state index < -0.39 is 124 Å². The van der Waals surface area contributed by atoms with Gasteiger partial charge in [0.15, 0.2) is 18.9 Å². The van der Waals surface area contributed by atoms with Crippen molar-refractivity contribution in [3.8, 4) is 0 Å². The van der Waals surface area contributed by atoms with Crippen LogP contribution in [0.15, 0.2) is 97.2 Å². The van der Waals surface area contributed by atoms with Gasteiger partial charge in [0, 0.05) is 6.42 Å². The molecule has 0 aromatic heterocycles. The zero-order chi connectivity index (χ0) is 77.4. The standard InChI is InChI=1S/C88H155NO18/c1-3-5-7-9-11-13-15-17-19-21-23-25-27-29-31-33-35-37-39-41-43-45-47-49-51-53-55-57-59-61-63-65-72(93)71(89-76(94)66-64-62-60-58-56-54-52-50-48-46-44-42-40-38-36-34-32-30-28-26-24-22-20-18-16-14-12-10-8-6-4-2)70-102-86-82(100)79(97)84(74(68-91)104-86)107-88-83(101)80(98)85(75(69-92)105-88)106-87-81(99)78(96)77(95)73(67-90)103-87/h6,8,12,14,18,20,24,26,30,32,36,38,42,44,48,50,71-75,77-88,90-93,95-101H,3-5,7,9-11,13,15-17,19,21-23,25,27-29,31,33-35,37,39-41,43,45-47,49,51-70H2,1-2H3,(H,89,94)/b8-6-,14-12-,20-18-,26-24-,32-30-,38-36-,44-42-,50-48-. The van der Waals surface area contributed by atoms with Crippen LogP contribution in [-0.2, 0) is 33.2 Å². The molecule has 0 spiro atoms. The average Bonchev–Trinajstić information content (AvgIpc) is 0.780. The molecule has 0 saturated carbocycles. The van der Waals surface area contributed by atoms with Crippen molar-refractivity contribution < 1.29 is 89.4 Å². The normalized spacial score (nSPS) is 26.0. The Morgan fingerprint density at radius 3 is 1.01 bits per heavy atom. The molecule has 12 N–H and O–H groups in total. The second kappa shape index (κ2) is 67.2. The fourth-order valence-corrected chi connectivity index (χ4v) is 14.1. The third-order valence-corrected chi connectivity index (χ3v) is 20.9. The van der Waals surface area contributed by atoms with Crippen LogP contribution in [0.1, 0.15) is 322 Å². The Labute approximate surface area is 647 Å². The number of carbonyl (C=O) groups excluding carboxylic acids is 1. The van der Waals surface area contributed by atoms with Gasteiger partial charge in [0.1, 0.15) is 73.2 Å². The minimum absolute atomic E-state index is 0.244. The van der Waals surface area contributed by atoms with Crippen LogP contribution in [0, 0.1) is 0 Å². The lowest BCUT2D eigenvalue weighted by molar-refractivity contribution is -0.379. The van der Waals surface area contributed by atoms with E-state index in [1.165, 1.54) is 173 Å². The van der Waals surface area contributed by atoms with Gasteiger partial charge in [-0.2, -0.15) is 0 Å². The topological polar surface area (TPSA) is 307 Å². The molecule has 0 aliphatic carbocycles. The van der Waals surface area contributed by atoms with Crippen LogP contribution >= 0.6 is 0 Å². The Hall–Kier alpha value is -3.29. The second-order valence-electron chi connectivity index (χ2n) is 30.3. The molecule has 3 rings (SSSR count). The first-order valence-corrected chi connectivity index (χ1v) is 43.0. The molecular weight excluding hydrogens is 1360 g/mol. The summed E-state index contributed by atoms with van der Waals surface area (Å²) in [7, 11) is 0. The molecule has 1 amide bonds. The summed E-state index contributed by atoms with van der Waals surface area (Å²) in [5.74, 6) is -0.257. The minimum Gasteiger partial charge on any atom is -0.394 e. The summed E-state index contributed by atoms with van der Waals surface area (Å²) >= 11 is 0. The van der Waals surface area contributed by atoms with E-state index in [0.29, 0.717) is 12.8 Å². The highest BCUT2D eigenvalue weighted by molar-refractivity contribution is 5.76. The maximum atomic E-state index is 13.5. The highest BCUT2D eigenvalue weighted by Crippen LogP contribution is 2.33. The molecule has 3 aliphatic heterocycles. The summed E-state index contributed by atoms with van der Waals surface area (Å²) < 4.78 is 34.6. The van der Waals surface area contributed by atoms with Crippen molar-refractivity contribution in [3.05, 3.63) is 97.2 Å². The van der Waals surface area contributed by atoms with Gasteiger partial charge in [-0.25, -0.2) is 0 Å². The number of amides is 1. The van der Waals surface area contributed by atoms with Crippen LogP contribution < -0.4 is 5.32 Å². The highest BCUT2D eigenvalue weighted by atomic mass is 16.8. The van der Waals surface area contributed by atoms with Gasteiger partial charge in [-0.3, -0.25) is 4.79 Å². The third-order valence-electron chi connectivity index (χ3n) is 20.9. The SMILES string of the molecule is CC/C=C\C/C=C\C/C=C\C/C=C\C/C=C\C/C=C\C/C=C\C/C=C\CCCCCCCCC(=O)NC(COC1OC(CO)C(OC2OC(CO)C(OC3OC(CO)C(O)C(O)C3O)C(O)C2O)C(O)C1O)C(O)CCCCCCCCCCCCCCCCCCCCCCCCCCCCCCCCC. The number of allylic oxidation sites excluding steroid dienone is 16. The lowest BCUT2D eigenvalue weighted by atomic mass is 9.96. The van der Waals surface area contributed by atoms with Crippen molar-refractivity contribution >= 4 is 5.91 Å². The fraction of sp³-hybridized carbons (Fsp3) is 0.807. The third kappa shape index (κ3) is 46.5. The maximum absolute atomic E-state index is 13.5. The monoisotopic (exact) mass is 1510 g/mol. The summed E-state index contributed by atoms with van der Waals surface area (Å²) in [5, 5.41) is 121. The lowest BCUT2D eigenvalue weighted by Gasteiger charge is -2.48.